The highest BCUT2D eigenvalue weighted by atomic mass is 32.2. The molecular weight excluding hydrogens is 196 g/mol. The van der Waals surface area contributed by atoms with E-state index in [-0.39, 0.29) is 0 Å². The minimum absolute atomic E-state index is 0.327. The second-order valence-electron chi connectivity index (χ2n) is 2.16. The second-order valence-corrected chi connectivity index (χ2v) is 2.76. The Labute approximate surface area is 79.2 Å². The van der Waals surface area contributed by atoms with Crippen molar-refractivity contribution in [2.24, 2.45) is 0 Å². The van der Waals surface area contributed by atoms with Crippen molar-refractivity contribution in [1.82, 2.24) is 0 Å². The number of rotatable bonds is 6. The third kappa shape index (κ3) is 6.44. The molecule has 5 nitrogen and oxygen atoms in total. The summed E-state index contributed by atoms with van der Waals surface area (Å²) >= 11 is -2.68. The second kappa shape index (κ2) is 6.76. The molecule has 0 spiro atoms. The van der Waals surface area contributed by atoms with Crippen molar-refractivity contribution >= 4 is 17.3 Å². The van der Waals surface area contributed by atoms with Crippen LogP contribution >= 0.6 is 0 Å². The highest BCUT2D eigenvalue weighted by Gasteiger charge is 2.12. The number of carbonyl (C=O) groups excluding carboxylic acids is 1. The van der Waals surface area contributed by atoms with E-state index in [4.69, 9.17) is 0 Å². The van der Waals surface area contributed by atoms with Crippen LogP contribution < -0.4 is 0 Å². The summed E-state index contributed by atoms with van der Waals surface area (Å²) in [6.07, 6.45) is 0.869. The topological polar surface area (TPSA) is 75.7 Å². The van der Waals surface area contributed by atoms with Gasteiger partial charge < -0.3 is 9.29 Å². The average molecular weight is 207 g/mol. The molecule has 13 heavy (non-hydrogen) atoms. The van der Waals surface area contributed by atoms with E-state index in [0.717, 1.165) is 6.08 Å². The summed E-state index contributed by atoms with van der Waals surface area (Å²) in [6.45, 7) is 4.98. The highest BCUT2D eigenvalue weighted by Crippen LogP contribution is 2.05. The molecule has 0 N–H and O–H groups in total. The third-order valence-corrected chi connectivity index (χ3v) is 1.50. The maximum atomic E-state index is 10.7. The molecule has 2 atom stereocenters. The van der Waals surface area contributed by atoms with Gasteiger partial charge in [0.2, 0.25) is 6.29 Å². The SMILES string of the molecule is C=CC(=O)OC(CCC)OS(=O)[O-]. The highest BCUT2D eigenvalue weighted by molar-refractivity contribution is 7.74. The molecule has 0 aliphatic carbocycles. The molecule has 0 rings (SSSR count). The molecule has 0 aliphatic rings. The first-order chi connectivity index (χ1) is 6.10. The van der Waals surface area contributed by atoms with E-state index in [1.807, 2.05) is 6.92 Å². The predicted octanol–water partition coefficient (Wildman–Crippen LogP) is 0.652. The smallest absolute Gasteiger partial charge is 0.332 e. The van der Waals surface area contributed by atoms with Crippen molar-refractivity contribution < 1.29 is 22.5 Å². The van der Waals surface area contributed by atoms with E-state index >= 15 is 0 Å². The standard InChI is InChI=1S/C7H12O5S/c1-3-5-7(12-13(9)10)11-6(8)4-2/h4,7H,2-3,5H2,1H3,(H,9,10)/p-1. The Bertz CT molecular complexity index is 203. The molecule has 0 heterocycles. The van der Waals surface area contributed by atoms with E-state index < -0.39 is 23.6 Å². The van der Waals surface area contributed by atoms with E-state index in [0.29, 0.717) is 12.8 Å². The van der Waals surface area contributed by atoms with Gasteiger partial charge in [0.15, 0.2) is 0 Å². The van der Waals surface area contributed by atoms with Gasteiger partial charge >= 0.3 is 5.97 Å². The normalized spacial score (nSPS) is 14.6. The predicted molar refractivity (Wildman–Crippen MR) is 45.0 cm³/mol. The maximum absolute atomic E-state index is 10.7. The summed E-state index contributed by atoms with van der Waals surface area (Å²) in [5.41, 5.74) is 0. The zero-order valence-electron chi connectivity index (χ0n) is 7.23. The summed E-state index contributed by atoms with van der Waals surface area (Å²) in [7, 11) is 0. The molecule has 76 valence electrons. The van der Waals surface area contributed by atoms with Crippen LogP contribution in [0.15, 0.2) is 12.7 Å². The van der Waals surface area contributed by atoms with Crippen LogP contribution in [-0.2, 0) is 25.1 Å². The van der Waals surface area contributed by atoms with Gasteiger partial charge in [-0.05, 0) is 0 Å². The Morgan fingerprint density at radius 2 is 2.38 bits per heavy atom. The van der Waals surface area contributed by atoms with Crippen LogP contribution in [0.1, 0.15) is 19.8 Å². The first-order valence-electron chi connectivity index (χ1n) is 3.69. The van der Waals surface area contributed by atoms with Crippen molar-refractivity contribution in [1.29, 1.82) is 0 Å². The summed E-state index contributed by atoms with van der Waals surface area (Å²) < 4.78 is 29.1. The largest absolute Gasteiger partial charge is 0.750 e. The van der Waals surface area contributed by atoms with Crippen LogP contribution in [0, 0.1) is 0 Å². The minimum atomic E-state index is -2.68. The molecule has 0 radical (unpaired) electrons. The molecule has 0 bridgehead atoms. The van der Waals surface area contributed by atoms with Gasteiger partial charge in [0.1, 0.15) is 0 Å². The lowest BCUT2D eigenvalue weighted by molar-refractivity contribution is -0.157. The van der Waals surface area contributed by atoms with E-state index in [1.165, 1.54) is 0 Å². The van der Waals surface area contributed by atoms with E-state index in [1.54, 1.807) is 0 Å². The van der Waals surface area contributed by atoms with E-state index in [2.05, 4.69) is 15.5 Å². The number of hydrogen-bond acceptors (Lipinski definition) is 5. The Morgan fingerprint density at radius 3 is 2.77 bits per heavy atom. The zero-order valence-corrected chi connectivity index (χ0v) is 8.04. The lowest BCUT2D eigenvalue weighted by Gasteiger charge is -2.17. The van der Waals surface area contributed by atoms with Crippen LogP contribution in [0.3, 0.4) is 0 Å². The summed E-state index contributed by atoms with van der Waals surface area (Å²) in [5.74, 6) is -0.705. The van der Waals surface area contributed by atoms with Crippen molar-refractivity contribution in [2.45, 2.75) is 26.1 Å². The van der Waals surface area contributed by atoms with Gasteiger partial charge in [-0.2, -0.15) is 0 Å². The van der Waals surface area contributed by atoms with Gasteiger partial charge in [0, 0.05) is 12.5 Å². The molecule has 2 unspecified atom stereocenters. The molecule has 0 aromatic carbocycles. The van der Waals surface area contributed by atoms with Crippen molar-refractivity contribution in [3.8, 4) is 0 Å². The van der Waals surface area contributed by atoms with Crippen LogP contribution in [0.25, 0.3) is 0 Å². The quantitative estimate of drug-likeness (QED) is 0.276. The summed E-state index contributed by atoms with van der Waals surface area (Å²) in [6, 6.07) is 0. The first-order valence-corrected chi connectivity index (χ1v) is 4.69. The molecule has 0 fully saturated rings. The molecular formula is C7H11O5S-. The third-order valence-electron chi connectivity index (χ3n) is 1.12. The van der Waals surface area contributed by atoms with Gasteiger partial charge in [-0.15, -0.1) is 0 Å². The molecule has 6 heteroatoms. The van der Waals surface area contributed by atoms with Crippen LogP contribution in [-0.4, -0.2) is 21.0 Å². The molecule has 0 saturated carbocycles. The van der Waals surface area contributed by atoms with Gasteiger partial charge in [-0.3, -0.25) is 4.18 Å². The minimum Gasteiger partial charge on any atom is -0.750 e. The lowest BCUT2D eigenvalue weighted by atomic mass is 10.3. The fourth-order valence-corrected chi connectivity index (χ4v) is 0.938. The Balaban J connectivity index is 4.00. The van der Waals surface area contributed by atoms with Crippen molar-refractivity contribution in [2.75, 3.05) is 0 Å². The fourth-order valence-electron chi connectivity index (χ4n) is 0.628. The van der Waals surface area contributed by atoms with Crippen molar-refractivity contribution in [3.05, 3.63) is 12.7 Å². The van der Waals surface area contributed by atoms with Crippen LogP contribution in [0.4, 0.5) is 0 Å². The summed E-state index contributed by atoms with van der Waals surface area (Å²) in [4.78, 5) is 10.7. The first kappa shape index (κ1) is 12.3. The Hall–Kier alpha value is -0.720. The van der Waals surface area contributed by atoms with E-state index in [9.17, 15) is 13.6 Å². The van der Waals surface area contributed by atoms with Gasteiger partial charge in [0.05, 0.1) is 11.4 Å². The average Bonchev–Trinajstić information content (AvgIpc) is 2.03. The number of hydrogen-bond donors (Lipinski definition) is 0. The summed E-state index contributed by atoms with van der Waals surface area (Å²) in [5, 5.41) is 0. The number of ether oxygens (including phenoxy) is 1. The fraction of sp³-hybridized carbons (Fsp3) is 0.571. The molecule has 0 aliphatic heterocycles. The lowest BCUT2D eigenvalue weighted by Crippen LogP contribution is -2.21. The van der Waals surface area contributed by atoms with Crippen LogP contribution in [0.5, 0.6) is 0 Å². The van der Waals surface area contributed by atoms with Gasteiger partial charge in [-0.25, -0.2) is 9.00 Å². The molecule has 0 aromatic rings. The zero-order chi connectivity index (χ0) is 10.3. The molecule has 0 saturated heterocycles. The van der Waals surface area contributed by atoms with Gasteiger partial charge in [0.25, 0.3) is 0 Å². The number of carbonyl (C=O) groups is 1. The maximum Gasteiger partial charge on any atom is 0.332 e. The Kier molecular flexibility index (Phi) is 6.38. The monoisotopic (exact) mass is 207 g/mol. The van der Waals surface area contributed by atoms with Crippen LogP contribution in [0.2, 0.25) is 0 Å². The van der Waals surface area contributed by atoms with Crippen molar-refractivity contribution in [3.63, 3.8) is 0 Å². The van der Waals surface area contributed by atoms with Gasteiger partial charge in [-0.1, -0.05) is 19.9 Å². The number of esters is 1. The molecule has 0 aromatic heterocycles. The molecule has 0 amide bonds. The Morgan fingerprint density at radius 1 is 1.77 bits per heavy atom.